The van der Waals surface area contributed by atoms with Crippen LogP contribution in [0, 0.1) is 12.7 Å². The summed E-state index contributed by atoms with van der Waals surface area (Å²) in [5, 5.41) is 5.57. The number of aryl methyl sites for hydroxylation is 1. The second kappa shape index (κ2) is 11.5. The molecule has 0 unspecified atom stereocenters. The maximum absolute atomic E-state index is 13.3. The van der Waals surface area contributed by atoms with E-state index in [1.807, 2.05) is 0 Å². The van der Waals surface area contributed by atoms with E-state index in [1.54, 1.807) is 25.1 Å². The number of carbonyl (C=O) groups is 3. The first kappa shape index (κ1) is 26.3. The molecule has 1 aliphatic heterocycles. The second-order valence-electron chi connectivity index (χ2n) is 8.91. The van der Waals surface area contributed by atoms with Gasteiger partial charge in [0.25, 0.3) is 17.7 Å². The van der Waals surface area contributed by atoms with Crippen LogP contribution in [0.2, 0.25) is 5.02 Å². The van der Waals surface area contributed by atoms with Gasteiger partial charge in [-0.25, -0.2) is 9.37 Å². The zero-order valence-electron chi connectivity index (χ0n) is 20.4. The summed E-state index contributed by atoms with van der Waals surface area (Å²) < 4.78 is 14.7. The highest BCUT2D eigenvalue weighted by Gasteiger charge is 2.23. The van der Waals surface area contributed by atoms with Crippen molar-refractivity contribution in [2.45, 2.75) is 26.2 Å². The maximum Gasteiger partial charge on any atom is 0.272 e. The van der Waals surface area contributed by atoms with Gasteiger partial charge < -0.3 is 21.3 Å². The number of carbonyl (C=O) groups excluding carboxylic acids is 3. The van der Waals surface area contributed by atoms with Crippen LogP contribution in [0.25, 0.3) is 5.69 Å². The minimum Gasteiger partial charge on any atom is -0.364 e. The molecule has 0 bridgehead atoms. The van der Waals surface area contributed by atoms with Gasteiger partial charge in [0.05, 0.1) is 10.6 Å². The van der Waals surface area contributed by atoms with Gasteiger partial charge in [0.15, 0.2) is 5.69 Å². The van der Waals surface area contributed by atoms with Crippen LogP contribution in [-0.2, 0) is 0 Å². The summed E-state index contributed by atoms with van der Waals surface area (Å²) in [7, 11) is 0. The van der Waals surface area contributed by atoms with Gasteiger partial charge in [0.1, 0.15) is 17.8 Å². The molecule has 11 heteroatoms. The van der Waals surface area contributed by atoms with E-state index < -0.39 is 23.5 Å². The van der Waals surface area contributed by atoms with Crippen molar-refractivity contribution in [3.05, 3.63) is 76.1 Å². The Morgan fingerprint density at radius 1 is 1.08 bits per heavy atom. The van der Waals surface area contributed by atoms with Crippen LogP contribution in [0.4, 0.5) is 10.1 Å². The first-order valence-electron chi connectivity index (χ1n) is 12.0. The third-order valence-corrected chi connectivity index (χ3v) is 6.60. The smallest absolute Gasteiger partial charge is 0.272 e. The molecule has 37 heavy (non-hydrogen) atoms. The Kier molecular flexibility index (Phi) is 8.20. The molecule has 1 aromatic heterocycles. The SMILES string of the molecule is Cc1cc(-n2cnc(C(=O)NCCN3CCCCC3)c2C(N)=O)ccc1NC(=O)c1ccc(F)cc1Cl. The number of rotatable bonds is 8. The quantitative estimate of drug-likeness (QED) is 0.414. The summed E-state index contributed by atoms with van der Waals surface area (Å²) in [6, 6.07) is 8.54. The molecule has 0 atom stereocenters. The van der Waals surface area contributed by atoms with Crippen molar-refractivity contribution < 1.29 is 18.8 Å². The van der Waals surface area contributed by atoms with Gasteiger partial charge in [0, 0.05) is 24.5 Å². The number of amides is 3. The molecule has 3 aromatic rings. The largest absolute Gasteiger partial charge is 0.364 e. The van der Waals surface area contributed by atoms with Crippen molar-refractivity contribution in [2.75, 3.05) is 31.5 Å². The molecule has 2 heterocycles. The topological polar surface area (TPSA) is 122 Å². The van der Waals surface area contributed by atoms with Gasteiger partial charge in [-0.2, -0.15) is 0 Å². The van der Waals surface area contributed by atoms with Crippen molar-refractivity contribution in [2.24, 2.45) is 5.73 Å². The number of likely N-dealkylation sites (tertiary alicyclic amines) is 1. The van der Waals surface area contributed by atoms with Crippen LogP contribution in [-0.4, -0.2) is 58.4 Å². The highest BCUT2D eigenvalue weighted by molar-refractivity contribution is 6.34. The fraction of sp³-hybridized carbons (Fsp3) is 0.308. The zero-order chi connectivity index (χ0) is 26.5. The first-order chi connectivity index (χ1) is 17.7. The molecule has 1 saturated heterocycles. The number of imidazole rings is 1. The highest BCUT2D eigenvalue weighted by atomic mass is 35.5. The van der Waals surface area contributed by atoms with Crippen molar-refractivity contribution in [1.29, 1.82) is 0 Å². The molecule has 0 spiro atoms. The molecule has 1 fully saturated rings. The summed E-state index contributed by atoms with van der Waals surface area (Å²) >= 11 is 5.99. The molecular weight excluding hydrogens is 499 g/mol. The van der Waals surface area contributed by atoms with Crippen LogP contribution < -0.4 is 16.4 Å². The molecular formula is C26H28ClFN6O3. The Bertz CT molecular complexity index is 1340. The summed E-state index contributed by atoms with van der Waals surface area (Å²) in [6.45, 7) is 4.97. The number of nitrogens with zero attached hydrogens (tertiary/aromatic N) is 3. The third kappa shape index (κ3) is 6.15. The van der Waals surface area contributed by atoms with E-state index in [-0.39, 0.29) is 22.0 Å². The highest BCUT2D eigenvalue weighted by Crippen LogP contribution is 2.24. The molecule has 0 aliphatic carbocycles. The number of hydrogen-bond acceptors (Lipinski definition) is 5. The van der Waals surface area contributed by atoms with E-state index in [9.17, 15) is 18.8 Å². The average Bonchev–Trinajstić information content (AvgIpc) is 3.31. The summed E-state index contributed by atoms with van der Waals surface area (Å²) in [5.41, 5.74) is 7.36. The number of piperidine rings is 1. The maximum atomic E-state index is 13.3. The number of benzene rings is 2. The number of nitrogens with two attached hydrogens (primary N) is 1. The Morgan fingerprint density at radius 3 is 2.51 bits per heavy atom. The number of hydrogen-bond donors (Lipinski definition) is 3. The summed E-state index contributed by atoms with van der Waals surface area (Å²) in [5.74, 6) is -2.30. The lowest BCUT2D eigenvalue weighted by molar-refractivity contribution is 0.0924. The number of nitrogens with one attached hydrogen (secondary N) is 2. The minimum absolute atomic E-state index is 0.00183. The number of aromatic nitrogens is 2. The van der Waals surface area contributed by atoms with Gasteiger partial charge in [-0.05, 0) is 74.8 Å². The number of halogens is 2. The third-order valence-electron chi connectivity index (χ3n) is 6.29. The molecule has 9 nitrogen and oxygen atoms in total. The van der Waals surface area contributed by atoms with Gasteiger partial charge in [-0.1, -0.05) is 18.0 Å². The zero-order valence-corrected chi connectivity index (χ0v) is 21.1. The molecule has 194 valence electrons. The lowest BCUT2D eigenvalue weighted by atomic mass is 10.1. The van der Waals surface area contributed by atoms with Crippen LogP contribution >= 0.6 is 11.6 Å². The Hall–Kier alpha value is -3.76. The van der Waals surface area contributed by atoms with E-state index in [2.05, 4.69) is 20.5 Å². The molecule has 0 saturated carbocycles. The molecule has 2 aromatic carbocycles. The fourth-order valence-electron chi connectivity index (χ4n) is 4.34. The Balaban J connectivity index is 1.49. The standard InChI is InChI=1S/C26H28ClFN6O3/c1-16-13-18(6-8-21(16)32-25(36)19-7-5-17(28)14-20(19)27)34-15-31-22(23(34)24(29)35)26(37)30-9-12-33-10-3-2-4-11-33/h5-8,13-15H,2-4,9-12H2,1H3,(H2,29,35)(H,30,37)(H,32,36). The summed E-state index contributed by atoms with van der Waals surface area (Å²) in [6.07, 6.45) is 4.92. The van der Waals surface area contributed by atoms with Crippen molar-refractivity contribution in [3.8, 4) is 5.69 Å². The van der Waals surface area contributed by atoms with Gasteiger partial charge in [-0.15, -0.1) is 0 Å². The molecule has 0 radical (unpaired) electrons. The van der Waals surface area contributed by atoms with Crippen LogP contribution in [0.15, 0.2) is 42.7 Å². The van der Waals surface area contributed by atoms with E-state index in [1.165, 1.54) is 23.4 Å². The molecule has 4 rings (SSSR count). The van der Waals surface area contributed by atoms with Crippen LogP contribution in [0.1, 0.15) is 56.2 Å². The van der Waals surface area contributed by atoms with Crippen LogP contribution in [0.5, 0.6) is 0 Å². The van der Waals surface area contributed by atoms with E-state index in [0.29, 0.717) is 23.5 Å². The van der Waals surface area contributed by atoms with Gasteiger partial charge in [0.2, 0.25) is 0 Å². The lowest BCUT2D eigenvalue weighted by Gasteiger charge is -2.26. The summed E-state index contributed by atoms with van der Waals surface area (Å²) in [4.78, 5) is 44.2. The minimum atomic E-state index is -0.792. The van der Waals surface area contributed by atoms with Crippen molar-refractivity contribution >= 4 is 35.0 Å². The second-order valence-corrected chi connectivity index (χ2v) is 9.32. The fourth-order valence-corrected chi connectivity index (χ4v) is 4.59. The monoisotopic (exact) mass is 526 g/mol. The van der Waals surface area contributed by atoms with Gasteiger partial charge in [-0.3, -0.25) is 19.0 Å². The average molecular weight is 527 g/mol. The molecule has 4 N–H and O–H groups in total. The molecule has 3 amide bonds. The van der Waals surface area contributed by atoms with Gasteiger partial charge >= 0.3 is 0 Å². The lowest BCUT2D eigenvalue weighted by Crippen LogP contribution is -2.38. The van der Waals surface area contributed by atoms with Crippen molar-refractivity contribution in [1.82, 2.24) is 19.8 Å². The Labute approximate surface area is 218 Å². The van der Waals surface area contributed by atoms with Crippen LogP contribution in [0.3, 0.4) is 0 Å². The molecule has 1 aliphatic rings. The number of primary amides is 1. The van der Waals surface area contributed by atoms with E-state index in [4.69, 9.17) is 17.3 Å². The Morgan fingerprint density at radius 2 is 1.84 bits per heavy atom. The predicted molar refractivity (Wildman–Crippen MR) is 139 cm³/mol. The van der Waals surface area contributed by atoms with E-state index in [0.717, 1.165) is 44.6 Å². The first-order valence-corrected chi connectivity index (χ1v) is 12.4. The van der Waals surface area contributed by atoms with Crippen molar-refractivity contribution in [3.63, 3.8) is 0 Å². The normalized spacial score (nSPS) is 13.8. The number of anilines is 1. The predicted octanol–water partition coefficient (Wildman–Crippen LogP) is 3.54. The van der Waals surface area contributed by atoms with E-state index >= 15 is 0 Å².